The van der Waals surface area contributed by atoms with E-state index in [0.717, 1.165) is 54.8 Å². The van der Waals surface area contributed by atoms with E-state index in [1.54, 1.807) is 32.1 Å². The molecule has 5 atom stereocenters. The van der Waals surface area contributed by atoms with Gasteiger partial charge in [-0.2, -0.15) is 0 Å². The molecule has 47 heavy (non-hydrogen) atoms. The Hall–Kier alpha value is -2.32. The number of ether oxygens (including phenoxy) is 2. The maximum absolute atomic E-state index is 14.1. The molecule has 0 bridgehead atoms. The second-order valence-corrected chi connectivity index (χ2v) is 15.5. The van der Waals surface area contributed by atoms with E-state index in [1.807, 2.05) is 32.2 Å². The van der Waals surface area contributed by atoms with E-state index in [4.69, 9.17) is 16.0 Å². The SMILES string of the molecule is [3H]O[C@H]1[C@H](C)CCC/C(C)=C\C[C@@H](/C(C)=C/c2csc(C)n2)OC(=O)C[C@H](OC(=O)CCCCCCCCCCC)C(C)(C)C(=O)[C@@H]1C. The van der Waals surface area contributed by atoms with E-state index in [9.17, 15) is 14.4 Å². The van der Waals surface area contributed by atoms with Crippen LogP contribution in [0, 0.1) is 24.2 Å². The van der Waals surface area contributed by atoms with Crippen LogP contribution in [-0.4, -0.2) is 47.6 Å². The number of ketones is 1. The number of aliphatic hydroxyl groups excluding tert-OH is 1. The molecule has 0 aliphatic carbocycles. The topological polar surface area (TPSA) is 103 Å². The summed E-state index contributed by atoms with van der Waals surface area (Å²) in [6, 6.07) is 0. The number of cyclic esters (lactones) is 1. The van der Waals surface area contributed by atoms with Crippen LogP contribution in [0.5, 0.6) is 0 Å². The molecule has 7 nitrogen and oxygen atoms in total. The number of thiazole rings is 1. The first kappa shape index (κ1) is 39.1. The molecule has 2 rings (SSSR count). The molecule has 2 heterocycles. The van der Waals surface area contributed by atoms with Crippen molar-refractivity contribution in [1.82, 2.24) is 4.98 Å². The minimum Gasteiger partial charge on any atom is -0.461 e. The summed E-state index contributed by atoms with van der Waals surface area (Å²) in [7, 11) is 0. The zero-order chi connectivity index (χ0) is 35.7. The Morgan fingerprint density at radius 1 is 1.13 bits per heavy atom. The molecule has 1 aliphatic heterocycles. The summed E-state index contributed by atoms with van der Waals surface area (Å²) >= 11 is 1.56. The van der Waals surface area contributed by atoms with E-state index in [1.165, 1.54) is 37.7 Å². The molecule has 1 N–H and O–H groups in total. The van der Waals surface area contributed by atoms with Crippen molar-refractivity contribution in [3.63, 3.8) is 0 Å². The monoisotopic (exact) mass is 675 g/mol. The van der Waals surface area contributed by atoms with Gasteiger partial charge in [-0.05, 0) is 77.9 Å². The molecular weight excluding hydrogens is 610 g/mol. The number of esters is 2. The van der Waals surface area contributed by atoms with Crippen LogP contribution >= 0.6 is 11.3 Å². The first-order chi connectivity index (χ1) is 22.8. The van der Waals surface area contributed by atoms with Gasteiger partial charge in [-0.3, -0.25) is 14.4 Å². The van der Waals surface area contributed by atoms with Crippen molar-refractivity contribution in [1.29, 1.82) is 1.43 Å². The van der Waals surface area contributed by atoms with Crippen molar-refractivity contribution in [3.8, 4) is 0 Å². The summed E-state index contributed by atoms with van der Waals surface area (Å²) in [5, 5.41) is 8.09. The second kappa shape index (κ2) is 20.9. The van der Waals surface area contributed by atoms with Crippen molar-refractivity contribution < 1.29 is 29.0 Å². The fourth-order valence-electron chi connectivity index (χ4n) is 6.36. The highest BCUT2D eigenvalue weighted by Gasteiger charge is 2.45. The van der Waals surface area contributed by atoms with E-state index < -0.39 is 41.6 Å². The Morgan fingerprint density at radius 3 is 2.40 bits per heavy atom. The first-order valence-corrected chi connectivity index (χ1v) is 19.0. The van der Waals surface area contributed by atoms with Crippen LogP contribution in [0.2, 0.25) is 0 Å². The normalized spacial score (nSPS) is 26.6. The summed E-state index contributed by atoms with van der Waals surface area (Å²) in [4.78, 5) is 45.5. The fourth-order valence-corrected chi connectivity index (χ4v) is 6.93. The van der Waals surface area contributed by atoms with Gasteiger partial charge in [0.15, 0.2) is 0 Å². The number of unbranched alkanes of at least 4 members (excludes halogenated alkanes) is 8. The number of hydrogen-bond donors (Lipinski definition) is 1. The zero-order valence-electron chi connectivity index (χ0n) is 31.5. The van der Waals surface area contributed by atoms with Crippen LogP contribution in [0.1, 0.15) is 155 Å². The molecule has 0 aromatic carbocycles. The number of rotatable bonds is 14. The molecule has 0 saturated carbocycles. The highest BCUT2D eigenvalue weighted by Crippen LogP contribution is 2.34. The largest absolute Gasteiger partial charge is 0.461 e. The van der Waals surface area contributed by atoms with E-state index in [-0.39, 0.29) is 24.5 Å². The van der Waals surface area contributed by atoms with Crippen LogP contribution in [-0.2, 0) is 23.9 Å². The van der Waals surface area contributed by atoms with Gasteiger partial charge in [0.2, 0.25) is 1.43 Å². The average molecular weight is 676 g/mol. The lowest BCUT2D eigenvalue weighted by Crippen LogP contribution is -2.47. The minimum absolute atomic E-state index is 0.0324. The minimum atomic E-state index is -1.21. The molecule has 0 radical (unpaired) electrons. The van der Waals surface area contributed by atoms with Gasteiger partial charge < -0.3 is 14.6 Å². The van der Waals surface area contributed by atoms with Gasteiger partial charge in [0.25, 0.3) is 0 Å². The number of allylic oxidation sites excluding steroid dienone is 1. The van der Waals surface area contributed by atoms with Gasteiger partial charge in [-0.1, -0.05) is 83.8 Å². The molecule has 0 saturated heterocycles. The highest BCUT2D eigenvalue weighted by atomic mass is 32.1. The molecule has 0 amide bonds. The highest BCUT2D eigenvalue weighted by molar-refractivity contribution is 7.09. The zero-order valence-corrected chi connectivity index (χ0v) is 31.3. The second-order valence-electron chi connectivity index (χ2n) is 14.4. The Morgan fingerprint density at radius 2 is 1.79 bits per heavy atom. The lowest BCUT2D eigenvalue weighted by Gasteiger charge is -2.36. The van der Waals surface area contributed by atoms with Crippen molar-refractivity contribution in [3.05, 3.63) is 33.3 Å². The number of aliphatic hydroxyl groups is 1. The maximum atomic E-state index is 14.1. The molecule has 266 valence electrons. The molecule has 1 aliphatic rings. The number of nitrogens with zero attached hydrogens (tertiary/aromatic N) is 1. The number of carbonyl (C=O) groups excluding carboxylic acids is 3. The van der Waals surface area contributed by atoms with Gasteiger partial charge in [0.05, 0.1) is 28.6 Å². The molecule has 8 heteroatoms. The summed E-state index contributed by atoms with van der Waals surface area (Å²) in [5.41, 5.74) is 1.66. The fraction of sp³-hybridized carbons (Fsp3) is 0.744. The van der Waals surface area contributed by atoms with Crippen LogP contribution in [0.15, 0.2) is 22.6 Å². The van der Waals surface area contributed by atoms with Crippen LogP contribution in [0.4, 0.5) is 0 Å². The first-order valence-electron chi connectivity index (χ1n) is 18.5. The van der Waals surface area contributed by atoms with Gasteiger partial charge >= 0.3 is 11.9 Å². The molecule has 0 fully saturated rings. The number of aromatic nitrogens is 1. The molecule has 0 unspecified atom stereocenters. The standard InChI is InChI=1S/C39H63NO6S/c1-9-10-11-12-13-14-15-16-17-21-35(41)46-34-25-36(42)45-33(29(4)24-32-26-47-31(6)40-32)23-22-27(2)19-18-20-28(3)37(43)30(5)38(44)39(34,7)8/h22,24,26,28,30,33-34,37,43H,9-21,23,25H2,1-8H3/b27-22-,29-24+/t28-,30-,33+,34+,37+/m1/s1/i43T. The predicted octanol–water partition coefficient (Wildman–Crippen LogP) is 9.74. The van der Waals surface area contributed by atoms with Crippen LogP contribution in [0.3, 0.4) is 0 Å². The number of carbonyl (C=O) groups is 3. The Bertz CT molecular complexity index is 1210. The molecule has 0 spiro atoms. The molecule has 1 aromatic heterocycles. The van der Waals surface area contributed by atoms with Gasteiger partial charge in [0.1, 0.15) is 18.0 Å². The summed E-state index contributed by atoms with van der Waals surface area (Å²) in [6.45, 7) is 15.4. The average Bonchev–Trinajstić information content (AvgIpc) is 3.45. The molecule has 1 aromatic rings. The maximum Gasteiger partial charge on any atom is 0.310 e. The van der Waals surface area contributed by atoms with Crippen molar-refractivity contribution >= 4 is 35.1 Å². The Labute approximate surface area is 290 Å². The third-order valence-corrected chi connectivity index (χ3v) is 10.5. The molecular formula is C39H63NO6S. The third kappa shape index (κ3) is 14.4. The summed E-state index contributed by atoms with van der Waals surface area (Å²) in [5.74, 6) is -1.81. The van der Waals surface area contributed by atoms with E-state index in [2.05, 4.69) is 24.9 Å². The van der Waals surface area contributed by atoms with Crippen molar-refractivity contribution in [2.45, 2.75) is 170 Å². The smallest absolute Gasteiger partial charge is 0.310 e. The van der Waals surface area contributed by atoms with Gasteiger partial charge in [-0.25, -0.2) is 4.98 Å². The Balaban J connectivity index is 2.29. The van der Waals surface area contributed by atoms with E-state index >= 15 is 0 Å². The van der Waals surface area contributed by atoms with Crippen molar-refractivity contribution in [2.75, 3.05) is 0 Å². The van der Waals surface area contributed by atoms with Gasteiger partial charge in [-0.15, -0.1) is 11.3 Å². The number of aryl methyl sites for hydroxylation is 1. The lowest BCUT2D eigenvalue weighted by atomic mass is 9.72. The van der Waals surface area contributed by atoms with Crippen LogP contribution < -0.4 is 0 Å². The van der Waals surface area contributed by atoms with Gasteiger partial charge in [0, 0.05) is 24.1 Å². The number of Topliss-reactive ketones (excluding diaryl/α,β-unsaturated/α-hetero) is 1. The Kier molecular flexibility index (Phi) is 17.4. The van der Waals surface area contributed by atoms with Crippen molar-refractivity contribution in [2.24, 2.45) is 17.3 Å². The van der Waals surface area contributed by atoms with E-state index in [0.29, 0.717) is 12.8 Å². The summed E-state index contributed by atoms with van der Waals surface area (Å²) < 4.78 is 19.9. The predicted molar refractivity (Wildman–Crippen MR) is 192 cm³/mol. The quantitative estimate of drug-likeness (QED) is 0.119. The third-order valence-electron chi connectivity index (χ3n) is 9.72. The lowest BCUT2D eigenvalue weighted by molar-refractivity contribution is -0.167. The summed E-state index contributed by atoms with van der Waals surface area (Å²) in [6.07, 6.45) is 15.1. The van der Waals surface area contributed by atoms with Crippen LogP contribution in [0.25, 0.3) is 6.08 Å². The number of hydrogen-bond acceptors (Lipinski definition) is 8.